The number of aryl methyl sites for hydroxylation is 2. The minimum Gasteiger partial charge on any atom is -0.444 e. The summed E-state index contributed by atoms with van der Waals surface area (Å²) in [6, 6.07) is 2.06. The van der Waals surface area contributed by atoms with Crippen LogP contribution in [0.25, 0.3) is 0 Å². The molecule has 7 nitrogen and oxygen atoms in total. The van der Waals surface area contributed by atoms with Gasteiger partial charge in [-0.05, 0) is 103 Å². The zero-order valence-electron chi connectivity index (χ0n) is 22.7. The number of hydrogen-bond donors (Lipinski definition) is 3. The predicted molar refractivity (Wildman–Crippen MR) is 145 cm³/mol. The second-order valence-electron chi connectivity index (χ2n) is 11.0. The molecule has 0 radical (unpaired) electrons. The number of aromatic nitrogens is 1. The van der Waals surface area contributed by atoms with Crippen LogP contribution in [0.15, 0.2) is 16.2 Å². The van der Waals surface area contributed by atoms with Crippen LogP contribution in [0, 0.1) is 26.7 Å². The van der Waals surface area contributed by atoms with Crippen LogP contribution in [-0.4, -0.2) is 28.6 Å². The number of rotatable bonds is 7. The topological polar surface area (TPSA) is 100 Å². The van der Waals surface area contributed by atoms with E-state index in [1.165, 1.54) is 4.88 Å². The summed E-state index contributed by atoms with van der Waals surface area (Å²) in [6.07, 6.45) is 4.60. The fourth-order valence-corrected chi connectivity index (χ4v) is 6.61. The average molecular weight is 516 g/mol. The molecule has 2 aromatic heterocycles. The second kappa shape index (κ2) is 11.6. The Balaban J connectivity index is 1.61. The lowest BCUT2D eigenvalue weighted by molar-refractivity contribution is 0.0485. The lowest BCUT2D eigenvalue weighted by atomic mass is 9.76. The number of carbonyl (C=O) groups excluding carboxylic acids is 2. The molecule has 0 saturated heterocycles. The van der Waals surface area contributed by atoms with Crippen LogP contribution in [-0.2, 0) is 11.3 Å². The number of H-pyrrole nitrogens is 1. The Labute approximate surface area is 218 Å². The Morgan fingerprint density at radius 1 is 1.17 bits per heavy atom. The van der Waals surface area contributed by atoms with Gasteiger partial charge >= 0.3 is 6.09 Å². The van der Waals surface area contributed by atoms with Crippen molar-refractivity contribution in [2.45, 2.75) is 105 Å². The first-order chi connectivity index (χ1) is 16.9. The smallest absolute Gasteiger partial charge is 0.407 e. The monoisotopic (exact) mass is 515 g/mol. The Hall–Kier alpha value is -2.61. The first-order valence-electron chi connectivity index (χ1n) is 12.9. The third-order valence-corrected chi connectivity index (χ3v) is 8.30. The third-order valence-electron chi connectivity index (χ3n) is 7.08. The Morgan fingerprint density at radius 3 is 2.42 bits per heavy atom. The number of carbonyl (C=O) groups is 2. The van der Waals surface area contributed by atoms with Crippen molar-refractivity contribution < 1.29 is 14.3 Å². The molecule has 1 saturated carbocycles. The molecule has 2 heterocycles. The summed E-state index contributed by atoms with van der Waals surface area (Å²) in [5.74, 6) is 0.768. The second-order valence-corrected chi connectivity index (χ2v) is 11.9. The van der Waals surface area contributed by atoms with E-state index >= 15 is 0 Å². The molecule has 0 aromatic carbocycles. The van der Waals surface area contributed by atoms with E-state index in [2.05, 4.69) is 22.5 Å². The highest BCUT2D eigenvalue weighted by atomic mass is 32.1. The summed E-state index contributed by atoms with van der Waals surface area (Å²) in [4.78, 5) is 41.5. The van der Waals surface area contributed by atoms with Crippen molar-refractivity contribution in [3.63, 3.8) is 0 Å². The number of amides is 2. The normalized spacial score (nSPS) is 19.0. The minimum absolute atomic E-state index is 0.144. The maximum Gasteiger partial charge on any atom is 0.407 e. The van der Waals surface area contributed by atoms with Gasteiger partial charge in [0.1, 0.15) is 5.60 Å². The summed E-state index contributed by atoms with van der Waals surface area (Å²) in [5, 5.41) is 7.92. The van der Waals surface area contributed by atoms with E-state index in [4.69, 9.17) is 4.74 Å². The summed E-state index contributed by atoms with van der Waals surface area (Å²) >= 11 is 1.66. The summed E-state index contributed by atoms with van der Waals surface area (Å²) < 4.78 is 5.41. The van der Waals surface area contributed by atoms with E-state index < -0.39 is 5.60 Å². The molecule has 3 rings (SSSR count). The molecule has 2 amide bonds. The summed E-state index contributed by atoms with van der Waals surface area (Å²) in [7, 11) is 0. The maximum absolute atomic E-state index is 13.0. The highest BCUT2D eigenvalue weighted by Crippen LogP contribution is 2.42. The fraction of sp³-hybridized carbons (Fsp3) is 0.607. The maximum atomic E-state index is 13.0. The van der Waals surface area contributed by atoms with Gasteiger partial charge in [-0.2, -0.15) is 0 Å². The molecule has 0 aliphatic heterocycles. The van der Waals surface area contributed by atoms with Gasteiger partial charge in [0, 0.05) is 34.1 Å². The van der Waals surface area contributed by atoms with Gasteiger partial charge < -0.3 is 20.4 Å². The number of thiophene rings is 1. The van der Waals surface area contributed by atoms with Crippen molar-refractivity contribution >= 4 is 23.3 Å². The van der Waals surface area contributed by atoms with Crippen LogP contribution in [0.3, 0.4) is 0 Å². The van der Waals surface area contributed by atoms with Crippen LogP contribution in [0.1, 0.15) is 103 Å². The summed E-state index contributed by atoms with van der Waals surface area (Å²) in [6.45, 7) is 13.8. The lowest BCUT2D eigenvalue weighted by Gasteiger charge is -2.34. The van der Waals surface area contributed by atoms with E-state index in [0.717, 1.165) is 48.9 Å². The van der Waals surface area contributed by atoms with E-state index in [1.807, 2.05) is 53.0 Å². The zero-order chi connectivity index (χ0) is 26.6. The number of ether oxygens (including phenoxy) is 1. The molecular weight excluding hydrogens is 474 g/mol. The van der Waals surface area contributed by atoms with Crippen LogP contribution >= 0.6 is 11.3 Å². The number of pyridine rings is 1. The number of aromatic amines is 1. The number of hydrogen-bond acceptors (Lipinski definition) is 5. The first-order valence-corrected chi connectivity index (χ1v) is 13.8. The molecule has 0 spiro atoms. The van der Waals surface area contributed by atoms with Crippen molar-refractivity contribution in [2.75, 3.05) is 0 Å². The van der Waals surface area contributed by atoms with Crippen molar-refractivity contribution in [3.8, 4) is 0 Å². The lowest BCUT2D eigenvalue weighted by Crippen LogP contribution is -2.41. The van der Waals surface area contributed by atoms with Crippen LogP contribution < -0.4 is 16.2 Å². The molecule has 1 aliphatic rings. The minimum atomic E-state index is -0.496. The van der Waals surface area contributed by atoms with Gasteiger partial charge in [0.25, 0.3) is 11.5 Å². The molecule has 0 bridgehead atoms. The van der Waals surface area contributed by atoms with Gasteiger partial charge in [0.15, 0.2) is 0 Å². The quantitative estimate of drug-likeness (QED) is 0.429. The highest BCUT2D eigenvalue weighted by molar-refractivity contribution is 7.10. The standard InChI is InChI=1S/C28H41N3O4S/c1-8-21(19-9-11-20(12-10-19)31-27(34)35-28(5,6)7)24-18(4)23(15-36-24)25(32)29-14-22-16(2)13-17(3)30-26(22)33/h13,15,19-21H,8-12,14H2,1-7H3,(H,29,32)(H,30,33)(H,31,34). The van der Waals surface area contributed by atoms with Crippen LogP contribution in [0.4, 0.5) is 4.79 Å². The molecule has 198 valence electrons. The summed E-state index contributed by atoms with van der Waals surface area (Å²) in [5.41, 5.74) is 3.35. The van der Waals surface area contributed by atoms with Crippen LogP contribution in [0.5, 0.6) is 0 Å². The molecule has 2 aromatic rings. The fourth-order valence-electron chi connectivity index (χ4n) is 5.26. The van der Waals surface area contributed by atoms with E-state index in [-0.39, 0.29) is 30.1 Å². The third kappa shape index (κ3) is 6.99. The Morgan fingerprint density at radius 2 is 1.83 bits per heavy atom. The van der Waals surface area contributed by atoms with Gasteiger partial charge in [-0.3, -0.25) is 9.59 Å². The van der Waals surface area contributed by atoms with Gasteiger partial charge in [0.2, 0.25) is 0 Å². The van der Waals surface area contributed by atoms with E-state index in [9.17, 15) is 14.4 Å². The molecule has 1 unspecified atom stereocenters. The molecular formula is C28H41N3O4S. The molecule has 1 aliphatic carbocycles. The van der Waals surface area contributed by atoms with Crippen molar-refractivity contribution in [3.05, 3.63) is 54.6 Å². The average Bonchev–Trinajstić information content (AvgIpc) is 3.14. The van der Waals surface area contributed by atoms with Crippen molar-refractivity contribution in [1.29, 1.82) is 0 Å². The molecule has 8 heteroatoms. The Kier molecular flexibility index (Phi) is 9.03. The van der Waals surface area contributed by atoms with Gasteiger partial charge in [0.05, 0.1) is 5.56 Å². The van der Waals surface area contributed by atoms with Gasteiger partial charge in [-0.15, -0.1) is 11.3 Å². The van der Waals surface area contributed by atoms with Gasteiger partial charge in [-0.1, -0.05) is 6.92 Å². The van der Waals surface area contributed by atoms with E-state index in [0.29, 0.717) is 23.0 Å². The van der Waals surface area contributed by atoms with E-state index in [1.54, 1.807) is 11.3 Å². The zero-order valence-corrected chi connectivity index (χ0v) is 23.5. The SMILES string of the molecule is CCC(c1scc(C(=O)NCc2c(C)cc(C)[nH]c2=O)c1C)C1CCC(NC(=O)OC(C)(C)C)CC1. The van der Waals surface area contributed by atoms with Crippen molar-refractivity contribution in [2.24, 2.45) is 5.92 Å². The molecule has 3 N–H and O–H groups in total. The largest absolute Gasteiger partial charge is 0.444 e. The number of nitrogens with one attached hydrogen (secondary N) is 3. The molecule has 1 fully saturated rings. The highest BCUT2D eigenvalue weighted by Gasteiger charge is 2.31. The number of alkyl carbamates (subject to hydrolysis) is 1. The van der Waals surface area contributed by atoms with Gasteiger partial charge in [-0.25, -0.2) is 4.79 Å². The molecule has 1 atom stereocenters. The van der Waals surface area contributed by atoms with Crippen molar-refractivity contribution in [1.82, 2.24) is 15.6 Å². The first kappa shape index (κ1) is 28.0. The predicted octanol–water partition coefficient (Wildman–Crippen LogP) is 5.87. The molecule has 36 heavy (non-hydrogen) atoms. The van der Waals surface area contributed by atoms with Crippen LogP contribution in [0.2, 0.25) is 0 Å². The Bertz CT molecular complexity index is 1140.